The number of aromatic amines is 1. The van der Waals surface area contributed by atoms with Crippen LogP contribution in [0.5, 0.6) is 0 Å². The molecule has 0 bridgehead atoms. The molecule has 1 aliphatic rings. The highest BCUT2D eigenvalue weighted by Gasteiger charge is 2.32. The first-order valence-corrected chi connectivity index (χ1v) is 9.62. The lowest BCUT2D eigenvalue weighted by molar-refractivity contribution is 0.140. The number of aliphatic hydroxyl groups excluding tert-OH is 1. The molecule has 0 amide bonds. The van der Waals surface area contributed by atoms with Crippen molar-refractivity contribution >= 4 is 0 Å². The first-order valence-electron chi connectivity index (χ1n) is 9.62. The van der Waals surface area contributed by atoms with Gasteiger partial charge in [-0.05, 0) is 63.1 Å². The second-order valence-electron chi connectivity index (χ2n) is 7.88. The van der Waals surface area contributed by atoms with Gasteiger partial charge in [0, 0.05) is 36.9 Å². The fraction of sp³-hybridized carbons (Fsp3) is 0.429. The molecule has 4 rings (SSSR count). The Morgan fingerprint density at radius 3 is 2.68 bits per heavy atom. The van der Waals surface area contributed by atoms with Crippen molar-refractivity contribution in [1.82, 2.24) is 24.9 Å². The van der Waals surface area contributed by atoms with Crippen LogP contribution in [0.1, 0.15) is 28.3 Å². The minimum absolute atomic E-state index is 0.119. The number of β-amino-alcohol motifs (C(OH)–C–C–N with tert-alkyl or cyclic N) is 1. The van der Waals surface area contributed by atoms with Gasteiger partial charge in [0.25, 0.3) is 0 Å². The molecule has 0 spiro atoms. The van der Waals surface area contributed by atoms with Crippen LogP contribution in [0.3, 0.4) is 0 Å². The SMILES string of the molecule is Cc1cc(C)n(-c2ccc(F)cc2CN2C[C@@H](Cc3cc(C)[nH]n3)[C@@H](O)C2)n1. The number of rotatable bonds is 5. The molecule has 1 fully saturated rings. The zero-order chi connectivity index (χ0) is 19.8. The van der Waals surface area contributed by atoms with Crippen LogP contribution in [0, 0.1) is 32.5 Å². The summed E-state index contributed by atoms with van der Waals surface area (Å²) in [6.45, 7) is 7.80. The molecule has 2 N–H and O–H groups in total. The summed E-state index contributed by atoms with van der Waals surface area (Å²) in [5.74, 6) is -0.142. The molecule has 6 nitrogen and oxygen atoms in total. The summed E-state index contributed by atoms with van der Waals surface area (Å²) in [5.41, 5.74) is 5.69. The molecule has 2 aromatic heterocycles. The number of likely N-dealkylation sites (tertiary alicyclic amines) is 1. The summed E-state index contributed by atoms with van der Waals surface area (Å²) in [5, 5.41) is 22.3. The predicted molar refractivity (Wildman–Crippen MR) is 105 cm³/mol. The van der Waals surface area contributed by atoms with Crippen LogP contribution in [0.15, 0.2) is 30.3 Å². The topological polar surface area (TPSA) is 70.0 Å². The van der Waals surface area contributed by atoms with Crippen molar-refractivity contribution in [1.29, 1.82) is 0 Å². The fourth-order valence-corrected chi connectivity index (χ4v) is 4.12. The van der Waals surface area contributed by atoms with Gasteiger partial charge in [0.1, 0.15) is 5.82 Å². The van der Waals surface area contributed by atoms with E-state index in [4.69, 9.17) is 0 Å². The molecule has 1 saturated heterocycles. The molecule has 0 aliphatic carbocycles. The molecule has 1 aromatic carbocycles. The number of halogens is 1. The summed E-state index contributed by atoms with van der Waals surface area (Å²) in [7, 11) is 0. The van der Waals surface area contributed by atoms with E-state index < -0.39 is 6.10 Å². The third-order valence-electron chi connectivity index (χ3n) is 5.39. The predicted octanol–water partition coefficient (Wildman–Crippen LogP) is 2.70. The number of aromatic nitrogens is 4. The number of nitrogens with one attached hydrogen (secondary N) is 1. The Balaban J connectivity index is 1.53. The van der Waals surface area contributed by atoms with Gasteiger partial charge < -0.3 is 5.11 Å². The second kappa shape index (κ2) is 7.48. The van der Waals surface area contributed by atoms with E-state index in [1.165, 1.54) is 6.07 Å². The van der Waals surface area contributed by atoms with Gasteiger partial charge in [0.15, 0.2) is 0 Å². The summed E-state index contributed by atoms with van der Waals surface area (Å²) in [4.78, 5) is 2.18. The molecule has 28 heavy (non-hydrogen) atoms. The lowest BCUT2D eigenvalue weighted by Gasteiger charge is -2.19. The largest absolute Gasteiger partial charge is 0.391 e. The van der Waals surface area contributed by atoms with Crippen molar-refractivity contribution in [3.05, 3.63) is 64.5 Å². The Morgan fingerprint density at radius 1 is 1.18 bits per heavy atom. The average molecular weight is 383 g/mol. The van der Waals surface area contributed by atoms with E-state index in [9.17, 15) is 9.50 Å². The van der Waals surface area contributed by atoms with Crippen LogP contribution < -0.4 is 0 Å². The number of hydrogen-bond acceptors (Lipinski definition) is 4. The number of aryl methyl sites for hydroxylation is 3. The van der Waals surface area contributed by atoms with Crippen LogP contribution in [0.25, 0.3) is 5.69 Å². The quantitative estimate of drug-likeness (QED) is 0.711. The Bertz CT molecular complexity index is 979. The summed E-state index contributed by atoms with van der Waals surface area (Å²) >= 11 is 0. The van der Waals surface area contributed by atoms with Gasteiger partial charge in [-0.2, -0.15) is 10.2 Å². The molecule has 3 aromatic rings. The van der Waals surface area contributed by atoms with E-state index in [0.29, 0.717) is 13.1 Å². The summed E-state index contributed by atoms with van der Waals surface area (Å²) in [6, 6.07) is 8.84. The van der Waals surface area contributed by atoms with Crippen molar-refractivity contribution < 1.29 is 9.50 Å². The maximum absolute atomic E-state index is 14.0. The Kier molecular flexibility index (Phi) is 5.03. The number of nitrogens with zero attached hydrogens (tertiary/aromatic N) is 4. The van der Waals surface area contributed by atoms with Gasteiger partial charge in [0.05, 0.1) is 23.2 Å². The molecule has 148 valence electrons. The van der Waals surface area contributed by atoms with Crippen LogP contribution in [-0.4, -0.2) is 49.2 Å². The Hall–Kier alpha value is -2.51. The second-order valence-corrected chi connectivity index (χ2v) is 7.88. The van der Waals surface area contributed by atoms with Crippen molar-refractivity contribution in [2.45, 2.75) is 39.8 Å². The molecular formula is C21H26FN5O. The molecule has 0 saturated carbocycles. The van der Waals surface area contributed by atoms with Crippen molar-refractivity contribution in [3.8, 4) is 5.69 Å². The number of aliphatic hydroxyl groups is 1. The van der Waals surface area contributed by atoms with Crippen LogP contribution in [-0.2, 0) is 13.0 Å². The Morgan fingerprint density at radius 2 is 2.00 bits per heavy atom. The first kappa shape index (κ1) is 18.8. The summed E-state index contributed by atoms with van der Waals surface area (Å²) < 4.78 is 15.8. The van der Waals surface area contributed by atoms with Gasteiger partial charge in [-0.1, -0.05) is 0 Å². The molecule has 1 aliphatic heterocycles. The van der Waals surface area contributed by atoms with E-state index in [1.54, 1.807) is 12.1 Å². The van der Waals surface area contributed by atoms with Crippen LogP contribution in [0.4, 0.5) is 4.39 Å². The molecule has 7 heteroatoms. The molecular weight excluding hydrogens is 357 g/mol. The van der Waals surface area contributed by atoms with Gasteiger partial charge in [-0.25, -0.2) is 9.07 Å². The third kappa shape index (κ3) is 3.86. The maximum Gasteiger partial charge on any atom is 0.123 e. The Labute approximate surface area is 164 Å². The minimum Gasteiger partial charge on any atom is -0.391 e. The zero-order valence-electron chi connectivity index (χ0n) is 16.5. The molecule has 3 heterocycles. The normalized spacial score (nSPS) is 20.2. The number of benzene rings is 1. The van der Waals surface area contributed by atoms with Gasteiger partial charge >= 0.3 is 0 Å². The smallest absolute Gasteiger partial charge is 0.123 e. The summed E-state index contributed by atoms with van der Waals surface area (Å²) in [6.07, 6.45) is 0.317. The van der Waals surface area contributed by atoms with Gasteiger partial charge in [-0.3, -0.25) is 10.00 Å². The zero-order valence-corrected chi connectivity index (χ0v) is 16.5. The number of H-pyrrole nitrogens is 1. The molecule has 0 radical (unpaired) electrons. The van der Waals surface area contributed by atoms with Gasteiger partial charge in [-0.15, -0.1) is 0 Å². The van der Waals surface area contributed by atoms with Crippen LogP contribution in [0.2, 0.25) is 0 Å². The highest BCUT2D eigenvalue weighted by Crippen LogP contribution is 2.26. The maximum atomic E-state index is 14.0. The van der Waals surface area contributed by atoms with E-state index in [-0.39, 0.29) is 11.7 Å². The fourth-order valence-electron chi connectivity index (χ4n) is 4.12. The lowest BCUT2D eigenvalue weighted by Crippen LogP contribution is -2.22. The van der Waals surface area contributed by atoms with Crippen molar-refractivity contribution in [2.75, 3.05) is 13.1 Å². The van der Waals surface area contributed by atoms with E-state index in [0.717, 1.165) is 47.0 Å². The standard InChI is InChI=1S/C21H26FN5O/c1-13-7-19(24-23-13)9-17-11-26(12-21(17)28)10-16-8-18(22)4-5-20(16)27-15(3)6-14(2)25-27/h4-8,17,21,28H,9-12H2,1-3H3,(H,23,24)/t17-,21+/m1/s1. The average Bonchev–Trinajstić information content (AvgIpc) is 3.28. The van der Waals surface area contributed by atoms with Crippen LogP contribution >= 0.6 is 0 Å². The first-order chi connectivity index (χ1) is 13.4. The van der Waals surface area contributed by atoms with E-state index in [2.05, 4.69) is 20.2 Å². The number of hydrogen-bond donors (Lipinski definition) is 2. The van der Waals surface area contributed by atoms with E-state index >= 15 is 0 Å². The van der Waals surface area contributed by atoms with Crippen molar-refractivity contribution in [3.63, 3.8) is 0 Å². The van der Waals surface area contributed by atoms with E-state index in [1.807, 2.05) is 37.6 Å². The molecule has 2 atom stereocenters. The minimum atomic E-state index is -0.414. The van der Waals surface area contributed by atoms with Gasteiger partial charge in [0.2, 0.25) is 0 Å². The third-order valence-corrected chi connectivity index (χ3v) is 5.39. The monoisotopic (exact) mass is 383 g/mol. The lowest BCUT2D eigenvalue weighted by atomic mass is 10.0. The molecule has 0 unspecified atom stereocenters. The highest BCUT2D eigenvalue weighted by atomic mass is 19.1. The highest BCUT2D eigenvalue weighted by molar-refractivity contribution is 5.42. The van der Waals surface area contributed by atoms with Crippen molar-refractivity contribution in [2.24, 2.45) is 5.92 Å².